The summed E-state index contributed by atoms with van der Waals surface area (Å²) in [5, 5.41) is -0.218. The van der Waals surface area contributed by atoms with Gasteiger partial charge in [0.1, 0.15) is 0 Å². The van der Waals surface area contributed by atoms with Crippen LogP contribution in [0.15, 0.2) is 18.2 Å². The van der Waals surface area contributed by atoms with Crippen molar-refractivity contribution in [2.75, 3.05) is 4.90 Å². The van der Waals surface area contributed by atoms with Crippen LogP contribution in [0, 0.1) is 13.8 Å². The molecule has 0 aliphatic carbocycles. The fourth-order valence-corrected chi connectivity index (χ4v) is 3.64. The van der Waals surface area contributed by atoms with Crippen LogP contribution in [-0.2, 0) is 0 Å². The second-order valence-corrected chi connectivity index (χ2v) is 6.75. The van der Waals surface area contributed by atoms with Crippen LogP contribution < -0.4 is 4.90 Å². The molecule has 1 aliphatic rings. The highest BCUT2D eigenvalue weighted by molar-refractivity contribution is 6.56. The molecule has 0 saturated heterocycles. The highest BCUT2D eigenvalue weighted by Gasteiger charge is 2.42. The molecule has 1 aliphatic heterocycles. The van der Waals surface area contributed by atoms with Gasteiger partial charge in [0.2, 0.25) is 0 Å². The summed E-state index contributed by atoms with van der Waals surface area (Å²) in [5.41, 5.74) is 2.24. The average Bonchev–Trinajstić information content (AvgIpc) is 2.75. The number of anilines is 1. The Hall–Kier alpha value is -1.26. The van der Waals surface area contributed by atoms with E-state index in [0.717, 1.165) is 16.0 Å². The zero-order valence-corrected chi connectivity index (χ0v) is 15.0. The maximum Gasteiger partial charge on any atom is 0.267 e. The minimum Gasteiger partial charge on any atom is -0.268 e. The normalized spacial score (nSPS) is 13.7. The van der Waals surface area contributed by atoms with E-state index in [1.54, 1.807) is 6.07 Å². The van der Waals surface area contributed by atoms with Gasteiger partial charge < -0.3 is 0 Å². The van der Waals surface area contributed by atoms with E-state index < -0.39 is 11.8 Å². The molecular formula is C16H9Cl4NO2. The summed E-state index contributed by atoms with van der Waals surface area (Å²) in [7, 11) is 0. The number of rotatable bonds is 1. The molecular weight excluding hydrogens is 380 g/mol. The molecule has 0 bridgehead atoms. The van der Waals surface area contributed by atoms with Crippen LogP contribution in [0.2, 0.25) is 20.1 Å². The number of fused-ring (bicyclic) bond motifs is 1. The summed E-state index contributed by atoms with van der Waals surface area (Å²) in [6.45, 7) is 3.74. The van der Waals surface area contributed by atoms with Crippen molar-refractivity contribution in [1.29, 1.82) is 0 Å². The number of amides is 2. The number of benzene rings is 2. The molecule has 2 amide bonds. The first kappa shape index (κ1) is 16.6. The van der Waals surface area contributed by atoms with Crippen LogP contribution in [0.25, 0.3) is 0 Å². The minimum atomic E-state index is -0.567. The van der Waals surface area contributed by atoms with E-state index in [9.17, 15) is 9.59 Å². The lowest BCUT2D eigenvalue weighted by Crippen LogP contribution is -2.30. The molecule has 0 radical (unpaired) electrons. The van der Waals surface area contributed by atoms with Crippen molar-refractivity contribution in [1.82, 2.24) is 0 Å². The van der Waals surface area contributed by atoms with Gasteiger partial charge in [-0.1, -0.05) is 64.1 Å². The zero-order chi connectivity index (χ0) is 17.0. The Morgan fingerprint density at radius 1 is 0.783 bits per heavy atom. The summed E-state index contributed by atoms with van der Waals surface area (Å²) in [6.07, 6.45) is 0. The molecule has 7 heteroatoms. The lowest BCUT2D eigenvalue weighted by Gasteiger charge is -2.17. The Bertz CT molecular complexity index is 845. The van der Waals surface area contributed by atoms with E-state index in [-0.39, 0.29) is 31.2 Å². The van der Waals surface area contributed by atoms with Gasteiger partial charge in [0.15, 0.2) is 0 Å². The van der Waals surface area contributed by atoms with Crippen molar-refractivity contribution < 1.29 is 9.59 Å². The van der Waals surface area contributed by atoms with Crippen LogP contribution in [0.3, 0.4) is 0 Å². The molecule has 0 saturated carbocycles. The maximum atomic E-state index is 12.7. The number of carbonyl (C=O) groups is 2. The van der Waals surface area contributed by atoms with E-state index in [1.807, 2.05) is 26.0 Å². The zero-order valence-electron chi connectivity index (χ0n) is 12.0. The van der Waals surface area contributed by atoms with Crippen LogP contribution in [-0.4, -0.2) is 11.8 Å². The van der Waals surface area contributed by atoms with Crippen molar-refractivity contribution in [2.24, 2.45) is 0 Å². The van der Waals surface area contributed by atoms with Crippen LogP contribution in [0.1, 0.15) is 31.8 Å². The Balaban J connectivity index is 2.26. The molecule has 118 valence electrons. The number of hydrogen-bond donors (Lipinski definition) is 0. The maximum absolute atomic E-state index is 12.7. The summed E-state index contributed by atoms with van der Waals surface area (Å²) < 4.78 is 0. The number of nitrogens with zero attached hydrogens (tertiary/aromatic N) is 1. The quantitative estimate of drug-likeness (QED) is 0.356. The molecule has 0 fully saturated rings. The van der Waals surface area contributed by atoms with Gasteiger partial charge >= 0.3 is 0 Å². The highest BCUT2D eigenvalue weighted by Crippen LogP contribution is 2.45. The van der Waals surface area contributed by atoms with Crippen molar-refractivity contribution in [3.8, 4) is 0 Å². The van der Waals surface area contributed by atoms with Gasteiger partial charge in [-0.25, -0.2) is 4.90 Å². The molecule has 23 heavy (non-hydrogen) atoms. The molecule has 0 N–H and O–H groups in total. The second kappa shape index (κ2) is 5.67. The van der Waals surface area contributed by atoms with Crippen LogP contribution in [0.5, 0.6) is 0 Å². The molecule has 0 atom stereocenters. The third-order valence-corrected chi connectivity index (χ3v) is 5.50. The van der Waals surface area contributed by atoms with E-state index in [4.69, 9.17) is 46.4 Å². The van der Waals surface area contributed by atoms with E-state index >= 15 is 0 Å². The number of hydrogen-bond acceptors (Lipinski definition) is 2. The first-order chi connectivity index (χ1) is 10.8. The predicted molar refractivity (Wildman–Crippen MR) is 93.5 cm³/mol. The van der Waals surface area contributed by atoms with E-state index in [1.165, 1.54) is 0 Å². The molecule has 3 nitrogen and oxygen atoms in total. The Labute approximate surface area is 152 Å². The fraction of sp³-hybridized carbons (Fsp3) is 0.125. The van der Waals surface area contributed by atoms with Crippen molar-refractivity contribution in [3.05, 3.63) is 60.5 Å². The van der Waals surface area contributed by atoms with E-state index in [0.29, 0.717) is 5.69 Å². The Morgan fingerprint density at radius 2 is 1.26 bits per heavy atom. The van der Waals surface area contributed by atoms with Crippen molar-refractivity contribution >= 4 is 63.9 Å². The molecule has 1 heterocycles. The predicted octanol–water partition coefficient (Wildman–Crippen LogP) is 5.72. The van der Waals surface area contributed by atoms with Crippen LogP contribution >= 0.6 is 46.4 Å². The third kappa shape index (κ3) is 2.34. The van der Waals surface area contributed by atoms with Gasteiger partial charge in [-0.3, -0.25) is 9.59 Å². The Kier molecular flexibility index (Phi) is 4.09. The standard InChI is InChI=1S/C16H9Cl4NO2/c1-6-3-4-8(7(2)5-6)21-15(22)9-10(16(21)23)12(18)14(20)13(19)11(9)17/h3-5H,1-2H3. The lowest BCUT2D eigenvalue weighted by molar-refractivity contribution is 0.0926. The largest absolute Gasteiger partial charge is 0.268 e. The summed E-state index contributed by atoms with van der Waals surface area (Å²) in [5.74, 6) is -1.13. The topological polar surface area (TPSA) is 37.4 Å². The van der Waals surface area contributed by atoms with Gasteiger partial charge in [0, 0.05) is 0 Å². The lowest BCUT2D eigenvalue weighted by atomic mass is 10.1. The van der Waals surface area contributed by atoms with Crippen molar-refractivity contribution in [2.45, 2.75) is 13.8 Å². The second-order valence-electron chi connectivity index (χ2n) is 5.24. The smallest absolute Gasteiger partial charge is 0.267 e. The molecule has 2 aromatic carbocycles. The first-order valence-corrected chi connectivity index (χ1v) is 8.08. The van der Waals surface area contributed by atoms with Gasteiger partial charge in [0.05, 0.1) is 36.9 Å². The fourth-order valence-electron chi connectivity index (χ4n) is 2.62. The number of imide groups is 1. The average molecular weight is 389 g/mol. The number of aryl methyl sites for hydroxylation is 2. The Morgan fingerprint density at radius 3 is 1.70 bits per heavy atom. The minimum absolute atomic E-state index is 0.0176. The molecule has 0 spiro atoms. The van der Waals surface area contributed by atoms with E-state index in [2.05, 4.69) is 0 Å². The third-order valence-electron chi connectivity index (χ3n) is 3.69. The molecule has 0 unspecified atom stereocenters. The van der Waals surface area contributed by atoms with Gasteiger partial charge in [-0.2, -0.15) is 0 Å². The monoisotopic (exact) mass is 387 g/mol. The van der Waals surface area contributed by atoms with Crippen molar-refractivity contribution in [3.63, 3.8) is 0 Å². The highest BCUT2D eigenvalue weighted by atomic mass is 35.5. The van der Waals surface area contributed by atoms with Gasteiger partial charge in [-0.05, 0) is 25.5 Å². The molecule has 3 rings (SSSR count). The number of carbonyl (C=O) groups excluding carboxylic acids is 2. The summed E-state index contributed by atoms with van der Waals surface area (Å²) in [4.78, 5) is 26.5. The van der Waals surface area contributed by atoms with Gasteiger partial charge in [0.25, 0.3) is 11.8 Å². The summed E-state index contributed by atoms with van der Waals surface area (Å²) >= 11 is 24.2. The number of halogens is 4. The SMILES string of the molecule is Cc1ccc(N2C(=O)c3c(Cl)c(Cl)c(Cl)c(Cl)c3C2=O)c(C)c1. The molecule has 0 aromatic heterocycles. The summed E-state index contributed by atoms with van der Waals surface area (Å²) in [6, 6.07) is 5.40. The van der Waals surface area contributed by atoms with Crippen LogP contribution in [0.4, 0.5) is 5.69 Å². The molecule has 2 aromatic rings. The van der Waals surface area contributed by atoms with Gasteiger partial charge in [-0.15, -0.1) is 0 Å². The first-order valence-electron chi connectivity index (χ1n) is 6.57.